The van der Waals surface area contributed by atoms with E-state index in [1.54, 1.807) is 32.2 Å². The molecule has 170 valence electrons. The van der Waals surface area contributed by atoms with Gasteiger partial charge in [0.15, 0.2) is 0 Å². The molecule has 9 heteroatoms. The first-order valence-electron chi connectivity index (χ1n) is 10.1. The maximum absolute atomic E-state index is 13.0. The van der Waals surface area contributed by atoms with Crippen LogP contribution in [-0.2, 0) is 16.0 Å². The first kappa shape index (κ1) is 22.9. The summed E-state index contributed by atoms with van der Waals surface area (Å²) < 4.78 is 15.5. The fourth-order valence-corrected chi connectivity index (χ4v) is 3.47. The predicted octanol–water partition coefficient (Wildman–Crippen LogP) is 2.59. The molecule has 0 aliphatic carbocycles. The van der Waals surface area contributed by atoms with E-state index in [1.807, 2.05) is 24.3 Å². The summed E-state index contributed by atoms with van der Waals surface area (Å²) in [6, 6.07) is 11.8. The van der Waals surface area contributed by atoms with E-state index in [0.717, 1.165) is 16.2 Å². The van der Waals surface area contributed by atoms with E-state index in [0.29, 0.717) is 30.0 Å². The largest absolute Gasteiger partial charge is 0.497 e. The Morgan fingerprint density at radius 3 is 2.12 bits per heavy atom. The zero-order valence-electron chi connectivity index (χ0n) is 18.6. The Labute approximate surface area is 186 Å². The maximum Gasteiger partial charge on any atom is 0.325 e. The van der Waals surface area contributed by atoms with Gasteiger partial charge < -0.3 is 24.8 Å². The number of nitrogens with one attached hydrogen (secondary N) is 2. The summed E-state index contributed by atoms with van der Waals surface area (Å²) in [6.07, 6.45) is 0.977. The molecular weight excluding hydrogens is 414 g/mol. The number of imide groups is 1. The van der Waals surface area contributed by atoms with Crippen LogP contribution >= 0.6 is 0 Å². The third-order valence-electron chi connectivity index (χ3n) is 5.35. The van der Waals surface area contributed by atoms with Crippen molar-refractivity contribution >= 4 is 23.5 Å². The lowest BCUT2D eigenvalue weighted by Crippen LogP contribution is -2.45. The fraction of sp³-hybridized carbons (Fsp3) is 0.348. The topological polar surface area (TPSA) is 106 Å². The second kappa shape index (κ2) is 9.59. The molecule has 32 heavy (non-hydrogen) atoms. The summed E-state index contributed by atoms with van der Waals surface area (Å²) in [5.74, 6) is 0.801. The Hall–Kier alpha value is -3.75. The van der Waals surface area contributed by atoms with E-state index in [-0.39, 0.29) is 0 Å². The van der Waals surface area contributed by atoms with Crippen molar-refractivity contribution in [1.82, 2.24) is 10.2 Å². The molecule has 0 bridgehead atoms. The number of methoxy groups -OCH3 is 3. The average Bonchev–Trinajstić information content (AvgIpc) is 3.00. The van der Waals surface area contributed by atoms with Crippen molar-refractivity contribution < 1.29 is 28.6 Å². The molecule has 1 fully saturated rings. The molecule has 0 spiro atoms. The maximum atomic E-state index is 13.0. The van der Waals surface area contributed by atoms with Crippen LogP contribution in [0.15, 0.2) is 42.5 Å². The van der Waals surface area contributed by atoms with Crippen LogP contribution in [0.5, 0.6) is 17.2 Å². The van der Waals surface area contributed by atoms with Gasteiger partial charge in [-0.05, 0) is 37.5 Å². The van der Waals surface area contributed by atoms with Gasteiger partial charge in [-0.1, -0.05) is 12.1 Å². The van der Waals surface area contributed by atoms with Crippen LogP contribution < -0.4 is 24.8 Å². The molecule has 2 N–H and O–H groups in total. The Bertz CT molecular complexity index is 985. The molecule has 0 aromatic heterocycles. The lowest BCUT2D eigenvalue weighted by Gasteiger charge is -2.21. The van der Waals surface area contributed by atoms with Gasteiger partial charge in [0.25, 0.3) is 5.91 Å². The van der Waals surface area contributed by atoms with Crippen LogP contribution in [-0.4, -0.2) is 56.2 Å². The third kappa shape index (κ3) is 5.11. The Kier molecular flexibility index (Phi) is 6.87. The minimum absolute atomic E-state index is 0.398. The van der Waals surface area contributed by atoms with Gasteiger partial charge in [0.2, 0.25) is 5.91 Å². The van der Waals surface area contributed by atoms with Gasteiger partial charge >= 0.3 is 6.03 Å². The standard InChI is InChI=1S/C23H27N3O6/c1-23(10-9-15-5-7-17(30-2)8-6-15)21(28)26(22(29)25-23)14-20(27)24-16-11-18(31-3)13-19(12-16)32-4/h5-8,11-13H,9-10,14H2,1-4H3,(H,24,27)(H,25,29)/t23-/m0/s1. The van der Waals surface area contributed by atoms with Crippen molar-refractivity contribution in [2.75, 3.05) is 33.2 Å². The fourth-order valence-electron chi connectivity index (χ4n) is 3.47. The predicted molar refractivity (Wildman–Crippen MR) is 118 cm³/mol. The zero-order chi connectivity index (χ0) is 23.3. The number of carbonyl (C=O) groups excluding carboxylic acids is 3. The molecule has 0 radical (unpaired) electrons. The summed E-state index contributed by atoms with van der Waals surface area (Å²) >= 11 is 0. The summed E-state index contributed by atoms with van der Waals surface area (Å²) in [4.78, 5) is 38.9. The number of ether oxygens (including phenoxy) is 3. The van der Waals surface area contributed by atoms with E-state index in [9.17, 15) is 14.4 Å². The Morgan fingerprint density at radius 2 is 1.56 bits per heavy atom. The molecule has 2 aromatic rings. The van der Waals surface area contributed by atoms with Crippen LogP contribution in [0, 0.1) is 0 Å². The number of nitrogens with zero attached hydrogens (tertiary/aromatic N) is 1. The normalized spacial score (nSPS) is 17.7. The molecule has 1 aliphatic rings. The van der Waals surface area contributed by atoms with E-state index in [2.05, 4.69) is 10.6 Å². The van der Waals surface area contributed by atoms with Crippen LogP contribution in [0.4, 0.5) is 10.5 Å². The first-order valence-corrected chi connectivity index (χ1v) is 10.1. The van der Waals surface area contributed by atoms with Gasteiger partial charge in [-0.15, -0.1) is 0 Å². The third-order valence-corrected chi connectivity index (χ3v) is 5.35. The molecule has 3 rings (SSSR count). The number of aryl methyl sites for hydroxylation is 1. The second-order valence-corrected chi connectivity index (χ2v) is 7.65. The summed E-state index contributed by atoms with van der Waals surface area (Å²) in [6.45, 7) is 1.27. The summed E-state index contributed by atoms with van der Waals surface area (Å²) in [7, 11) is 4.60. The van der Waals surface area contributed by atoms with Gasteiger partial charge in [0.1, 0.15) is 29.3 Å². The van der Waals surface area contributed by atoms with Crippen LogP contribution in [0.2, 0.25) is 0 Å². The second-order valence-electron chi connectivity index (χ2n) is 7.65. The minimum Gasteiger partial charge on any atom is -0.497 e. The molecule has 0 unspecified atom stereocenters. The highest BCUT2D eigenvalue weighted by atomic mass is 16.5. The highest BCUT2D eigenvalue weighted by molar-refractivity contribution is 6.09. The number of rotatable bonds is 9. The van der Waals surface area contributed by atoms with Gasteiger partial charge in [-0.25, -0.2) is 4.79 Å². The van der Waals surface area contributed by atoms with Crippen molar-refractivity contribution in [3.05, 3.63) is 48.0 Å². The molecule has 9 nitrogen and oxygen atoms in total. The number of anilines is 1. The van der Waals surface area contributed by atoms with Crippen molar-refractivity contribution in [2.24, 2.45) is 0 Å². The van der Waals surface area contributed by atoms with Gasteiger partial charge in [-0.2, -0.15) is 0 Å². The number of amides is 4. The molecule has 1 saturated heterocycles. The number of benzene rings is 2. The van der Waals surface area contributed by atoms with Crippen molar-refractivity contribution in [3.63, 3.8) is 0 Å². The van der Waals surface area contributed by atoms with E-state index < -0.39 is 29.9 Å². The molecular formula is C23H27N3O6. The lowest BCUT2D eigenvalue weighted by molar-refractivity contribution is -0.133. The van der Waals surface area contributed by atoms with Gasteiger partial charge in [0.05, 0.1) is 21.3 Å². The monoisotopic (exact) mass is 441 g/mol. The van der Waals surface area contributed by atoms with Crippen LogP contribution in [0.25, 0.3) is 0 Å². The Balaban J connectivity index is 1.62. The summed E-state index contributed by atoms with van der Waals surface area (Å²) in [5, 5.41) is 5.39. The average molecular weight is 441 g/mol. The number of carbonyl (C=O) groups is 3. The van der Waals surface area contributed by atoms with Crippen LogP contribution in [0.3, 0.4) is 0 Å². The SMILES string of the molecule is COc1ccc(CC[C@]2(C)NC(=O)N(CC(=O)Nc3cc(OC)cc(OC)c3)C2=O)cc1. The zero-order valence-corrected chi connectivity index (χ0v) is 18.6. The van der Waals surface area contributed by atoms with Gasteiger partial charge in [-0.3, -0.25) is 14.5 Å². The summed E-state index contributed by atoms with van der Waals surface area (Å²) in [5.41, 5.74) is 0.356. The molecule has 1 aliphatic heterocycles. The number of hydrogen-bond donors (Lipinski definition) is 2. The van der Waals surface area contributed by atoms with Crippen LogP contribution in [0.1, 0.15) is 18.9 Å². The number of hydrogen-bond acceptors (Lipinski definition) is 6. The van der Waals surface area contributed by atoms with Crippen molar-refractivity contribution in [3.8, 4) is 17.2 Å². The smallest absolute Gasteiger partial charge is 0.325 e. The first-order chi connectivity index (χ1) is 15.3. The minimum atomic E-state index is -1.09. The van der Waals surface area contributed by atoms with E-state index in [4.69, 9.17) is 14.2 Å². The highest BCUT2D eigenvalue weighted by Gasteiger charge is 2.47. The molecule has 2 aromatic carbocycles. The lowest BCUT2D eigenvalue weighted by atomic mass is 9.93. The Morgan fingerprint density at radius 1 is 0.969 bits per heavy atom. The molecule has 0 saturated carbocycles. The number of urea groups is 1. The van der Waals surface area contributed by atoms with E-state index >= 15 is 0 Å². The highest BCUT2D eigenvalue weighted by Crippen LogP contribution is 2.27. The van der Waals surface area contributed by atoms with Crippen molar-refractivity contribution in [2.45, 2.75) is 25.3 Å². The molecule has 1 heterocycles. The molecule has 1 atom stereocenters. The van der Waals surface area contributed by atoms with Gasteiger partial charge in [0, 0.05) is 23.9 Å². The molecule has 4 amide bonds. The van der Waals surface area contributed by atoms with Crippen molar-refractivity contribution in [1.29, 1.82) is 0 Å². The van der Waals surface area contributed by atoms with E-state index in [1.165, 1.54) is 14.2 Å². The quantitative estimate of drug-likeness (QED) is 0.580.